The molecule has 0 saturated carbocycles. The monoisotopic (exact) mass is 348 g/mol. The van der Waals surface area contributed by atoms with E-state index < -0.39 is 0 Å². The number of rotatable bonds is 10. The van der Waals surface area contributed by atoms with Gasteiger partial charge in [-0.2, -0.15) is 0 Å². The summed E-state index contributed by atoms with van der Waals surface area (Å²) >= 11 is 0. The van der Waals surface area contributed by atoms with Crippen LogP contribution in [0.4, 0.5) is 0 Å². The van der Waals surface area contributed by atoms with Crippen LogP contribution in [0.1, 0.15) is 72.3 Å². The highest BCUT2D eigenvalue weighted by atomic mass is 16.6. The Kier molecular flexibility index (Phi) is 9.25. The average molecular weight is 348 g/mol. The van der Waals surface area contributed by atoms with E-state index in [9.17, 15) is 9.59 Å². The Morgan fingerprint density at radius 2 is 1.40 bits per heavy atom. The predicted molar refractivity (Wildman–Crippen MR) is 99.9 cm³/mol. The van der Waals surface area contributed by atoms with Gasteiger partial charge in [-0.25, -0.2) is 0 Å². The maximum Gasteiger partial charge on any atom is 0.313 e. The predicted octanol–water partition coefficient (Wildman–Crippen LogP) is 5.32. The van der Waals surface area contributed by atoms with Gasteiger partial charge in [0.25, 0.3) is 0 Å². The van der Waals surface area contributed by atoms with E-state index in [2.05, 4.69) is 6.92 Å². The van der Waals surface area contributed by atoms with Crippen molar-refractivity contribution in [2.75, 3.05) is 0 Å². The first-order valence-corrected chi connectivity index (χ1v) is 9.41. The van der Waals surface area contributed by atoms with Crippen molar-refractivity contribution >= 4 is 11.9 Å². The van der Waals surface area contributed by atoms with Crippen LogP contribution in [-0.4, -0.2) is 11.9 Å². The molecule has 0 N–H and O–H groups in total. The molecule has 4 nitrogen and oxygen atoms in total. The second-order valence-electron chi connectivity index (χ2n) is 7.10. The van der Waals surface area contributed by atoms with Crippen LogP contribution < -0.4 is 9.47 Å². The number of aryl methyl sites for hydroxylation is 1. The van der Waals surface area contributed by atoms with Gasteiger partial charge in [0, 0.05) is 0 Å². The van der Waals surface area contributed by atoms with E-state index in [4.69, 9.17) is 9.47 Å². The zero-order valence-corrected chi connectivity index (χ0v) is 16.3. The topological polar surface area (TPSA) is 52.6 Å². The smallest absolute Gasteiger partial charge is 0.313 e. The largest absolute Gasteiger partial charge is 0.422 e. The van der Waals surface area contributed by atoms with Crippen LogP contribution >= 0.6 is 0 Å². The van der Waals surface area contributed by atoms with Crippen LogP contribution in [0.5, 0.6) is 11.5 Å². The molecule has 0 spiro atoms. The second kappa shape index (κ2) is 10.9. The van der Waals surface area contributed by atoms with E-state index in [0.717, 1.165) is 18.4 Å². The molecule has 0 radical (unpaired) electrons. The van der Waals surface area contributed by atoms with Crippen molar-refractivity contribution < 1.29 is 19.1 Å². The van der Waals surface area contributed by atoms with Crippen LogP contribution in [0.3, 0.4) is 0 Å². The number of esters is 2. The highest BCUT2D eigenvalue weighted by Crippen LogP contribution is 2.30. The molecule has 0 heterocycles. The van der Waals surface area contributed by atoms with Gasteiger partial charge >= 0.3 is 11.9 Å². The molecule has 0 saturated heterocycles. The molecule has 0 fully saturated rings. The number of hydrogen-bond acceptors (Lipinski definition) is 4. The maximum atomic E-state index is 12.0. The first-order valence-electron chi connectivity index (χ1n) is 9.41. The molecule has 0 bridgehead atoms. The van der Waals surface area contributed by atoms with Crippen LogP contribution in [0, 0.1) is 11.8 Å². The van der Waals surface area contributed by atoms with E-state index in [0.29, 0.717) is 11.5 Å². The van der Waals surface area contributed by atoms with Crippen LogP contribution in [-0.2, 0) is 16.0 Å². The van der Waals surface area contributed by atoms with Gasteiger partial charge in [0.1, 0.15) is 0 Å². The van der Waals surface area contributed by atoms with Crippen LogP contribution in [0.25, 0.3) is 0 Å². The van der Waals surface area contributed by atoms with Gasteiger partial charge in [-0.3, -0.25) is 9.59 Å². The van der Waals surface area contributed by atoms with E-state index in [1.165, 1.54) is 25.7 Å². The molecule has 0 amide bonds. The van der Waals surface area contributed by atoms with Crippen molar-refractivity contribution in [3.05, 3.63) is 23.8 Å². The molecule has 4 heteroatoms. The average Bonchev–Trinajstić information content (AvgIpc) is 2.56. The van der Waals surface area contributed by atoms with E-state index in [-0.39, 0.29) is 23.8 Å². The van der Waals surface area contributed by atoms with Gasteiger partial charge in [-0.15, -0.1) is 0 Å². The molecule has 0 unspecified atom stereocenters. The van der Waals surface area contributed by atoms with Gasteiger partial charge in [0.2, 0.25) is 0 Å². The van der Waals surface area contributed by atoms with Gasteiger partial charge in [0.05, 0.1) is 11.8 Å². The summed E-state index contributed by atoms with van der Waals surface area (Å²) in [5.41, 5.74) is 1.09. The first kappa shape index (κ1) is 21.2. The van der Waals surface area contributed by atoms with E-state index in [1.54, 1.807) is 33.8 Å². The summed E-state index contributed by atoms with van der Waals surface area (Å²) < 4.78 is 10.8. The molecule has 1 rings (SSSR count). The molecule has 0 aliphatic rings. The number of carbonyl (C=O) groups is 2. The van der Waals surface area contributed by atoms with Crippen molar-refractivity contribution in [2.24, 2.45) is 11.8 Å². The fourth-order valence-corrected chi connectivity index (χ4v) is 2.26. The Morgan fingerprint density at radius 1 is 0.840 bits per heavy atom. The molecule has 140 valence electrons. The highest BCUT2D eigenvalue weighted by Gasteiger charge is 2.18. The third-order valence-electron chi connectivity index (χ3n) is 3.94. The SMILES string of the molecule is CCCCCCCc1ccc(OC(=O)C(C)C)c(OC(=O)C(C)C)c1. The van der Waals surface area contributed by atoms with Gasteiger partial charge in [-0.1, -0.05) is 66.4 Å². The van der Waals surface area contributed by atoms with Crippen molar-refractivity contribution in [1.29, 1.82) is 0 Å². The summed E-state index contributed by atoms with van der Waals surface area (Å²) in [4.78, 5) is 23.8. The second-order valence-corrected chi connectivity index (χ2v) is 7.10. The maximum absolute atomic E-state index is 12.0. The zero-order chi connectivity index (χ0) is 18.8. The molecule has 0 aromatic heterocycles. The van der Waals surface area contributed by atoms with Crippen molar-refractivity contribution in [3.8, 4) is 11.5 Å². The Balaban J connectivity index is 2.85. The Morgan fingerprint density at radius 3 is 1.96 bits per heavy atom. The van der Waals surface area contributed by atoms with Crippen molar-refractivity contribution in [2.45, 2.75) is 73.1 Å². The summed E-state index contributed by atoms with van der Waals surface area (Å²) in [5.74, 6) is -0.518. The number of benzene rings is 1. The number of unbranched alkanes of at least 4 members (excludes halogenated alkanes) is 4. The third-order valence-corrected chi connectivity index (χ3v) is 3.94. The van der Waals surface area contributed by atoms with Crippen LogP contribution in [0.15, 0.2) is 18.2 Å². The minimum atomic E-state index is -0.339. The normalized spacial score (nSPS) is 11.0. The fraction of sp³-hybridized carbons (Fsp3) is 0.619. The lowest BCUT2D eigenvalue weighted by Crippen LogP contribution is -2.18. The Labute approximate surface area is 151 Å². The van der Waals surface area contributed by atoms with E-state index in [1.807, 2.05) is 12.1 Å². The number of ether oxygens (including phenoxy) is 2. The van der Waals surface area contributed by atoms with Crippen LogP contribution in [0.2, 0.25) is 0 Å². The first-order chi connectivity index (χ1) is 11.8. The van der Waals surface area contributed by atoms with Crippen molar-refractivity contribution in [1.82, 2.24) is 0 Å². The Bertz CT molecular complexity index is 561. The molecule has 0 aliphatic heterocycles. The lowest BCUT2D eigenvalue weighted by Gasteiger charge is -2.14. The zero-order valence-electron chi connectivity index (χ0n) is 16.3. The Hall–Kier alpha value is -1.84. The molecule has 1 aromatic carbocycles. The number of carbonyl (C=O) groups excluding carboxylic acids is 2. The van der Waals surface area contributed by atoms with Gasteiger partial charge in [-0.05, 0) is 30.5 Å². The molecule has 1 aromatic rings. The van der Waals surface area contributed by atoms with Gasteiger partial charge in [0.15, 0.2) is 11.5 Å². The summed E-state index contributed by atoms with van der Waals surface area (Å²) in [6.07, 6.45) is 6.96. The molecule has 0 atom stereocenters. The summed E-state index contributed by atoms with van der Waals surface area (Å²) in [6.45, 7) is 9.30. The molecular formula is C21H32O4. The number of hydrogen-bond donors (Lipinski definition) is 0. The van der Waals surface area contributed by atoms with Gasteiger partial charge < -0.3 is 9.47 Å². The fourth-order valence-electron chi connectivity index (χ4n) is 2.26. The lowest BCUT2D eigenvalue weighted by atomic mass is 10.0. The summed E-state index contributed by atoms with van der Waals surface area (Å²) in [6, 6.07) is 5.49. The summed E-state index contributed by atoms with van der Waals surface area (Å²) in [5, 5.41) is 0. The van der Waals surface area contributed by atoms with E-state index >= 15 is 0 Å². The molecular weight excluding hydrogens is 316 g/mol. The quantitative estimate of drug-likeness (QED) is 0.326. The third kappa shape index (κ3) is 7.72. The minimum absolute atomic E-state index is 0.244. The molecule has 0 aliphatic carbocycles. The summed E-state index contributed by atoms with van der Waals surface area (Å²) in [7, 11) is 0. The highest BCUT2D eigenvalue weighted by molar-refractivity contribution is 5.78. The van der Waals surface area contributed by atoms with Crippen molar-refractivity contribution in [3.63, 3.8) is 0 Å². The molecule has 25 heavy (non-hydrogen) atoms. The standard InChI is InChI=1S/C21H32O4/c1-6-7-8-9-10-11-17-12-13-18(24-20(22)15(2)3)19(14-17)25-21(23)16(4)5/h12-16H,6-11H2,1-5H3. The minimum Gasteiger partial charge on any atom is -0.422 e. The lowest BCUT2D eigenvalue weighted by molar-refractivity contribution is -0.140.